The lowest BCUT2D eigenvalue weighted by atomic mass is 9.94. The molecule has 18 heavy (non-hydrogen) atoms. The Morgan fingerprint density at radius 1 is 0.944 bits per heavy atom. The van der Waals surface area contributed by atoms with E-state index in [9.17, 15) is 14.4 Å². The van der Waals surface area contributed by atoms with Gasteiger partial charge in [-0.2, -0.15) is 0 Å². The van der Waals surface area contributed by atoms with Crippen molar-refractivity contribution in [2.24, 2.45) is 17.8 Å². The fourth-order valence-corrected chi connectivity index (χ4v) is 1.44. The first kappa shape index (κ1) is 16.4. The molecule has 0 aromatic heterocycles. The summed E-state index contributed by atoms with van der Waals surface area (Å²) in [4.78, 5) is 33.5. The molecule has 0 radical (unpaired) electrons. The standard InChI is InChI=1S/C12H21NO5/c1-6(2)5-9(12(17)18)13-10(14)7(3)8(4)11(15)16/h6-9H,5H2,1-4H3,(H,13,14)(H,15,16)(H,17,18). The molecule has 104 valence electrons. The molecule has 0 rings (SSSR count). The third kappa shape index (κ3) is 5.16. The Morgan fingerprint density at radius 2 is 1.44 bits per heavy atom. The monoisotopic (exact) mass is 259 g/mol. The van der Waals surface area contributed by atoms with Crippen LogP contribution in [0.25, 0.3) is 0 Å². The largest absolute Gasteiger partial charge is 0.481 e. The minimum Gasteiger partial charge on any atom is -0.481 e. The second-order valence-electron chi connectivity index (χ2n) is 4.94. The van der Waals surface area contributed by atoms with Crippen molar-refractivity contribution in [2.45, 2.75) is 40.2 Å². The van der Waals surface area contributed by atoms with Gasteiger partial charge in [0.15, 0.2) is 0 Å². The van der Waals surface area contributed by atoms with E-state index in [0.717, 1.165) is 0 Å². The molecular weight excluding hydrogens is 238 g/mol. The van der Waals surface area contributed by atoms with Gasteiger partial charge in [0.1, 0.15) is 6.04 Å². The summed E-state index contributed by atoms with van der Waals surface area (Å²) in [5.74, 6) is -4.22. The number of nitrogens with one attached hydrogen (secondary N) is 1. The molecule has 1 amide bonds. The van der Waals surface area contributed by atoms with Crippen LogP contribution in [0.1, 0.15) is 34.1 Å². The SMILES string of the molecule is CC(C)CC(NC(=O)C(C)C(C)C(=O)O)C(=O)O. The first-order chi connectivity index (χ1) is 8.16. The topological polar surface area (TPSA) is 104 Å². The molecule has 3 unspecified atom stereocenters. The third-order valence-corrected chi connectivity index (χ3v) is 2.87. The Balaban J connectivity index is 4.60. The van der Waals surface area contributed by atoms with Crippen LogP contribution in [0.15, 0.2) is 0 Å². The Morgan fingerprint density at radius 3 is 1.78 bits per heavy atom. The Kier molecular flexibility index (Phi) is 6.36. The van der Waals surface area contributed by atoms with Gasteiger partial charge in [0.05, 0.1) is 5.92 Å². The molecule has 0 saturated carbocycles. The van der Waals surface area contributed by atoms with Crippen molar-refractivity contribution in [3.8, 4) is 0 Å². The second kappa shape index (κ2) is 6.98. The minimum absolute atomic E-state index is 0.124. The number of carboxylic acids is 2. The highest BCUT2D eigenvalue weighted by Gasteiger charge is 2.29. The lowest BCUT2D eigenvalue weighted by Gasteiger charge is -2.21. The van der Waals surface area contributed by atoms with E-state index in [0.29, 0.717) is 6.42 Å². The van der Waals surface area contributed by atoms with E-state index in [-0.39, 0.29) is 5.92 Å². The van der Waals surface area contributed by atoms with Gasteiger partial charge in [0.25, 0.3) is 0 Å². The Hall–Kier alpha value is -1.59. The molecule has 0 aromatic carbocycles. The van der Waals surface area contributed by atoms with Crippen molar-refractivity contribution >= 4 is 17.8 Å². The van der Waals surface area contributed by atoms with Gasteiger partial charge in [-0.05, 0) is 12.3 Å². The van der Waals surface area contributed by atoms with Crippen LogP contribution in [-0.4, -0.2) is 34.1 Å². The number of hydrogen-bond acceptors (Lipinski definition) is 3. The number of carbonyl (C=O) groups excluding carboxylic acids is 1. The molecule has 0 aliphatic rings. The predicted molar refractivity (Wildman–Crippen MR) is 65.0 cm³/mol. The van der Waals surface area contributed by atoms with Gasteiger partial charge >= 0.3 is 11.9 Å². The summed E-state index contributed by atoms with van der Waals surface area (Å²) in [7, 11) is 0. The van der Waals surface area contributed by atoms with E-state index in [2.05, 4.69) is 5.32 Å². The maximum absolute atomic E-state index is 11.7. The van der Waals surface area contributed by atoms with Crippen molar-refractivity contribution in [3.05, 3.63) is 0 Å². The molecule has 3 atom stereocenters. The molecule has 0 spiro atoms. The lowest BCUT2D eigenvalue weighted by molar-refractivity contribution is -0.147. The number of aliphatic carboxylic acids is 2. The highest BCUT2D eigenvalue weighted by atomic mass is 16.4. The van der Waals surface area contributed by atoms with Crippen LogP contribution in [0.3, 0.4) is 0 Å². The molecule has 0 heterocycles. The molecule has 3 N–H and O–H groups in total. The quantitative estimate of drug-likeness (QED) is 0.631. The molecular formula is C12H21NO5. The second-order valence-corrected chi connectivity index (χ2v) is 4.94. The van der Waals surface area contributed by atoms with Gasteiger partial charge in [0.2, 0.25) is 5.91 Å². The lowest BCUT2D eigenvalue weighted by Crippen LogP contribution is -2.45. The van der Waals surface area contributed by atoms with Crippen LogP contribution in [-0.2, 0) is 14.4 Å². The van der Waals surface area contributed by atoms with E-state index in [1.54, 1.807) is 0 Å². The zero-order chi connectivity index (χ0) is 14.5. The summed E-state index contributed by atoms with van der Waals surface area (Å²) in [5, 5.41) is 20.1. The van der Waals surface area contributed by atoms with Crippen LogP contribution in [0.2, 0.25) is 0 Å². The summed E-state index contributed by atoms with van der Waals surface area (Å²) >= 11 is 0. The van der Waals surface area contributed by atoms with Crippen molar-refractivity contribution in [3.63, 3.8) is 0 Å². The van der Waals surface area contributed by atoms with Gasteiger partial charge in [0, 0.05) is 5.92 Å². The van der Waals surface area contributed by atoms with Crippen molar-refractivity contribution < 1.29 is 24.6 Å². The van der Waals surface area contributed by atoms with Gasteiger partial charge in [-0.3, -0.25) is 9.59 Å². The predicted octanol–water partition coefficient (Wildman–Crippen LogP) is 0.959. The molecule has 0 aromatic rings. The van der Waals surface area contributed by atoms with Crippen LogP contribution in [0.4, 0.5) is 0 Å². The van der Waals surface area contributed by atoms with E-state index >= 15 is 0 Å². The molecule has 0 bridgehead atoms. The summed E-state index contributed by atoms with van der Waals surface area (Å²) in [6.07, 6.45) is 0.315. The number of rotatable bonds is 7. The molecule has 0 aliphatic heterocycles. The van der Waals surface area contributed by atoms with Crippen LogP contribution in [0.5, 0.6) is 0 Å². The zero-order valence-electron chi connectivity index (χ0n) is 11.1. The van der Waals surface area contributed by atoms with E-state index in [1.807, 2.05) is 13.8 Å². The summed E-state index contributed by atoms with van der Waals surface area (Å²) in [5.41, 5.74) is 0. The highest BCUT2D eigenvalue weighted by Crippen LogP contribution is 2.13. The number of amides is 1. The van der Waals surface area contributed by atoms with Crippen molar-refractivity contribution in [1.82, 2.24) is 5.32 Å². The van der Waals surface area contributed by atoms with Crippen molar-refractivity contribution in [2.75, 3.05) is 0 Å². The van der Waals surface area contributed by atoms with E-state index in [1.165, 1.54) is 13.8 Å². The summed E-state index contributed by atoms with van der Waals surface area (Å²) < 4.78 is 0. The third-order valence-electron chi connectivity index (χ3n) is 2.87. The van der Waals surface area contributed by atoms with Crippen LogP contribution >= 0.6 is 0 Å². The van der Waals surface area contributed by atoms with Crippen LogP contribution < -0.4 is 5.32 Å². The van der Waals surface area contributed by atoms with E-state index < -0.39 is 35.7 Å². The van der Waals surface area contributed by atoms with Crippen LogP contribution in [0, 0.1) is 17.8 Å². The minimum atomic E-state index is -1.10. The summed E-state index contributed by atoms with van der Waals surface area (Å²) in [6.45, 7) is 6.60. The first-order valence-corrected chi connectivity index (χ1v) is 5.92. The fraction of sp³-hybridized carbons (Fsp3) is 0.750. The molecule has 0 aliphatic carbocycles. The number of carboxylic acid groups (broad SMARTS) is 2. The average Bonchev–Trinajstić information content (AvgIpc) is 2.24. The smallest absolute Gasteiger partial charge is 0.326 e. The highest BCUT2D eigenvalue weighted by molar-refractivity contribution is 5.87. The maximum Gasteiger partial charge on any atom is 0.326 e. The normalized spacial score (nSPS) is 15.8. The summed E-state index contributed by atoms with van der Waals surface area (Å²) in [6, 6.07) is -0.971. The average molecular weight is 259 g/mol. The Bertz CT molecular complexity index is 326. The molecule has 6 heteroatoms. The van der Waals surface area contributed by atoms with Gasteiger partial charge < -0.3 is 15.5 Å². The van der Waals surface area contributed by atoms with Gasteiger partial charge in [-0.15, -0.1) is 0 Å². The van der Waals surface area contributed by atoms with Crippen molar-refractivity contribution in [1.29, 1.82) is 0 Å². The maximum atomic E-state index is 11.7. The van der Waals surface area contributed by atoms with Gasteiger partial charge in [-0.25, -0.2) is 4.79 Å². The molecule has 6 nitrogen and oxygen atoms in total. The van der Waals surface area contributed by atoms with Gasteiger partial charge in [-0.1, -0.05) is 27.7 Å². The Labute approximate surface area is 106 Å². The number of hydrogen-bond donors (Lipinski definition) is 3. The van der Waals surface area contributed by atoms with E-state index in [4.69, 9.17) is 10.2 Å². The molecule has 0 saturated heterocycles. The molecule has 0 fully saturated rings. The first-order valence-electron chi connectivity index (χ1n) is 5.92. The zero-order valence-corrected chi connectivity index (χ0v) is 11.1. The fourth-order valence-electron chi connectivity index (χ4n) is 1.44. The number of carbonyl (C=O) groups is 3.